The van der Waals surface area contributed by atoms with Crippen LogP contribution in [0.15, 0.2) is 152 Å². The number of hydrogen-bond donors (Lipinski definition) is 0. The van der Waals surface area contributed by atoms with Crippen molar-refractivity contribution < 1.29 is 23.7 Å². The highest BCUT2D eigenvalue weighted by atomic mass is 16.7. The predicted molar refractivity (Wildman–Crippen MR) is 186 cm³/mol. The molecule has 0 aliphatic rings. The van der Waals surface area contributed by atoms with E-state index in [1.807, 2.05) is 78.9 Å². The minimum Gasteiger partial charge on any atom is -0.469 e. The van der Waals surface area contributed by atoms with Crippen molar-refractivity contribution in [3.05, 3.63) is 179 Å². The zero-order valence-corrected chi connectivity index (χ0v) is 27.2. The summed E-state index contributed by atoms with van der Waals surface area (Å²) >= 11 is 0. The van der Waals surface area contributed by atoms with Gasteiger partial charge in [0.15, 0.2) is 0 Å². The van der Waals surface area contributed by atoms with Crippen LogP contribution in [-0.4, -0.2) is 32.6 Å². The molecule has 47 heavy (non-hydrogen) atoms. The van der Waals surface area contributed by atoms with Crippen LogP contribution in [-0.2, 0) is 35.9 Å². The van der Waals surface area contributed by atoms with Crippen LogP contribution in [0.2, 0.25) is 0 Å². The van der Waals surface area contributed by atoms with Crippen molar-refractivity contribution in [1.29, 1.82) is 0 Å². The van der Waals surface area contributed by atoms with Gasteiger partial charge in [0, 0.05) is 12.5 Å². The van der Waals surface area contributed by atoms with Crippen LogP contribution in [0, 0.1) is 5.92 Å². The van der Waals surface area contributed by atoms with Gasteiger partial charge in [-0.05, 0) is 40.2 Å². The molecular formula is C42H44O5. The number of esters is 1. The average molecular weight is 629 g/mol. The predicted octanol–water partition coefficient (Wildman–Crippen LogP) is 8.93. The quantitative estimate of drug-likeness (QED) is 0.0446. The molecule has 0 saturated heterocycles. The lowest BCUT2D eigenvalue weighted by atomic mass is 9.80. The number of ether oxygens (including phenoxy) is 4. The molecule has 0 bridgehead atoms. The minimum absolute atomic E-state index is 0.00482. The fourth-order valence-electron chi connectivity index (χ4n) is 6.25. The van der Waals surface area contributed by atoms with E-state index in [4.69, 9.17) is 18.9 Å². The smallest absolute Gasteiger partial charge is 0.306 e. The standard InChI is InChI=1S/C42H44O5/c1-33(28-29-47-42(36-22-12-5-13-23-36,37-24-14-6-15-25-37)38-26-16-7-17-27-38)41(46-32-45-31-34-18-8-3-9-19-34)39(30-40(43)44-2)35-20-10-4-11-21-35/h3-27,33,39,41H,28-32H2,1-2H3/t33-,39-,41-/m0/s1. The lowest BCUT2D eigenvalue weighted by molar-refractivity contribution is -0.146. The van der Waals surface area contributed by atoms with Crippen molar-refractivity contribution in [3.8, 4) is 0 Å². The molecule has 5 aromatic rings. The molecule has 0 N–H and O–H groups in total. The average Bonchev–Trinajstić information content (AvgIpc) is 3.14. The highest BCUT2D eigenvalue weighted by Crippen LogP contribution is 2.41. The third-order valence-corrected chi connectivity index (χ3v) is 8.69. The number of rotatable bonds is 17. The summed E-state index contributed by atoms with van der Waals surface area (Å²) in [5.74, 6) is -0.510. The van der Waals surface area contributed by atoms with Crippen molar-refractivity contribution in [2.75, 3.05) is 20.5 Å². The second kappa shape index (κ2) is 17.4. The van der Waals surface area contributed by atoms with Gasteiger partial charge in [0.2, 0.25) is 0 Å². The van der Waals surface area contributed by atoms with E-state index in [2.05, 4.69) is 79.7 Å². The van der Waals surface area contributed by atoms with Crippen molar-refractivity contribution in [3.63, 3.8) is 0 Å². The minimum atomic E-state index is -0.816. The van der Waals surface area contributed by atoms with Gasteiger partial charge in [-0.15, -0.1) is 0 Å². The third-order valence-electron chi connectivity index (χ3n) is 8.69. The molecule has 5 heteroatoms. The second-order valence-corrected chi connectivity index (χ2v) is 11.8. The molecule has 5 nitrogen and oxygen atoms in total. The first-order valence-corrected chi connectivity index (χ1v) is 16.3. The molecule has 0 aliphatic carbocycles. The van der Waals surface area contributed by atoms with Gasteiger partial charge in [-0.3, -0.25) is 4.79 Å². The molecule has 0 unspecified atom stereocenters. The molecule has 0 spiro atoms. The molecule has 0 aliphatic heterocycles. The van der Waals surface area contributed by atoms with E-state index >= 15 is 0 Å². The Bertz CT molecular complexity index is 1500. The molecule has 0 fully saturated rings. The summed E-state index contributed by atoms with van der Waals surface area (Å²) in [6.07, 6.45) is 0.537. The number of hydrogen-bond acceptors (Lipinski definition) is 5. The largest absolute Gasteiger partial charge is 0.469 e. The van der Waals surface area contributed by atoms with Crippen LogP contribution in [0.5, 0.6) is 0 Å². The zero-order valence-electron chi connectivity index (χ0n) is 27.2. The second-order valence-electron chi connectivity index (χ2n) is 11.8. The van der Waals surface area contributed by atoms with E-state index in [1.165, 1.54) is 7.11 Å². The van der Waals surface area contributed by atoms with Gasteiger partial charge in [0.1, 0.15) is 12.4 Å². The van der Waals surface area contributed by atoms with Crippen LogP contribution < -0.4 is 0 Å². The van der Waals surface area contributed by atoms with Gasteiger partial charge in [0.25, 0.3) is 0 Å². The van der Waals surface area contributed by atoms with Crippen LogP contribution in [0.1, 0.15) is 53.5 Å². The molecule has 0 radical (unpaired) electrons. The van der Waals surface area contributed by atoms with Crippen LogP contribution in [0.3, 0.4) is 0 Å². The zero-order chi connectivity index (χ0) is 32.7. The number of methoxy groups -OCH3 is 1. The number of benzene rings is 5. The monoisotopic (exact) mass is 628 g/mol. The summed E-state index contributed by atoms with van der Waals surface area (Å²) in [4.78, 5) is 12.7. The number of carbonyl (C=O) groups excluding carboxylic acids is 1. The first kappa shape index (κ1) is 33.8. The SMILES string of the molecule is COC(=O)C[C@@H](c1ccccc1)[C@@H](OCOCc1ccccc1)[C@@H](C)CCOC(c1ccccc1)(c1ccccc1)c1ccccc1. The van der Waals surface area contributed by atoms with Crippen LogP contribution in [0.4, 0.5) is 0 Å². The third kappa shape index (κ3) is 8.83. The van der Waals surface area contributed by atoms with Crippen molar-refractivity contribution in [1.82, 2.24) is 0 Å². The number of carbonyl (C=O) groups is 1. The van der Waals surface area contributed by atoms with Gasteiger partial charge < -0.3 is 18.9 Å². The summed E-state index contributed by atoms with van der Waals surface area (Å²) in [6.45, 7) is 3.14. The fourth-order valence-corrected chi connectivity index (χ4v) is 6.25. The Morgan fingerprint density at radius 1 is 0.660 bits per heavy atom. The highest BCUT2D eigenvalue weighted by Gasteiger charge is 2.38. The van der Waals surface area contributed by atoms with Crippen molar-refractivity contribution in [2.24, 2.45) is 5.92 Å². The maximum atomic E-state index is 12.7. The molecule has 3 atom stereocenters. The van der Waals surface area contributed by atoms with Gasteiger partial charge in [-0.1, -0.05) is 159 Å². The summed E-state index contributed by atoms with van der Waals surface area (Å²) < 4.78 is 24.8. The highest BCUT2D eigenvalue weighted by molar-refractivity contribution is 5.70. The summed E-state index contributed by atoms with van der Waals surface area (Å²) in [6, 6.07) is 51.2. The maximum absolute atomic E-state index is 12.7. The Balaban J connectivity index is 1.41. The van der Waals surface area contributed by atoms with Crippen LogP contribution in [0.25, 0.3) is 0 Å². The Morgan fingerprint density at radius 2 is 1.13 bits per heavy atom. The van der Waals surface area contributed by atoms with E-state index in [1.54, 1.807) is 0 Å². The Kier molecular flexibility index (Phi) is 12.5. The Hall–Kier alpha value is -4.55. The Labute approximate surface area is 279 Å². The van der Waals surface area contributed by atoms with Crippen LogP contribution >= 0.6 is 0 Å². The van der Waals surface area contributed by atoms with E-state index in [0.29, 0.717) is 19.6 Å². The maximum Gasteiger partial charge on any atom is 0.306 e. The molecule has 5 rings (SSSR count). The van der Waals surface area contributed by atoms with Crippen molar-refractivity contribution >= 4 is 5.97 Å². The van der Waals surface area contributed by atoms with Gasteiger partial charge in [-0.25, -0.2) is 0 Å². The molecule has 0 saturated carbocycles. The molecular weight excluding hydrogens is 584 g/mol. The first-order chi connectivity index (χ1) is 23.1. The van der Waals surface area contributed by atoms with E-state index in [-0.39, 0.29) is 37.1 Å². The van der Waals surface area contributed by atoms with Crippen molar-refractivity contribution in [2.45, 2.75) is 44.0 Å². The normalized spacial score (nSPS) is 13.4. The molecule has 242 valence electrons. The topological polar surface area (TPSA) is 54.0 Å². The fraction of sp³-hybridized carbons (Fsp3) is 0.262. The summed E-state index contributed by atoms with van der Waals surface area (Å²) in [7, 11) is 1.43. The lowest BCUT2D eigenvalue weighted by Gasteiger charge is -2.37. The molecule has 5 aromatic carbocycles. The summed E-state index contributed by atoms with van der Waals surface area (Å²) in [5.41, 5.74) is 4.44. The lowest BCUT2D eigenvalue weighted by Crippen LogP contribution is -2.36. The van der Waals surface area contributed by atoms with E-state index < -0.39 is 5.60 Å². The molecule has 0 heterocycles. The van der Waals surface area contributed by atoms with Gasteiger partial charge >= 0.3 is 5.97 Å². The first-order valence-electron chi connectivity index (χ1n) is 16.3. The van der Waals surface area contributed by atoms with E-state index in [0.717, 1.165) is 27.8 Å². The van der Waals surface area contributed by atoms with Gasteiger partial charge in [-0.2, -0.15) is 0 Å². The molecule has 0 aromatic heterocycles. The van der Waals surface area contributed by atoms with E-state index in [9.17, 15) is 4.79 Å². The summed E-state index contributed by atoms with van der Waals surface area (Å²) in [5, 5.41) is 0. The molecule has 0 amide bonds. The Morgan fingerprint density at radius 3 is 1.62 bits per heavy atom. The van der Waals surface area contributed by atoms with Gasteiger partial charge in [0.05, 0.1) is 26.2 Å².